The number of aromatic nitrogens is 2. The van der Waals surface area contributed by atoms with Crippen LogP contribution in [0.2, 0.25) is 0 Å². The van der Waals surface area contributed by atoms with Crippen LogP contribution in [0.3, 0.4) is 0 Å². The van der Waals surface area contributed by atoms with Crippen LogP contribution in [-0.4, -0.2) is 16.6 Å². The molecule has 118 valence electrons. The van der Waals surface area contributed by atoms with Gasteiger partial charge in [0.15, 0.2) is 5.69 Å². The number of pyridine rings is 1. The van der Waals surface area contributed by atoms with E-state index in [4.69, 9.17) is 9.15 Å². The molecular formula is C18H18N2O2S. The van der Waals surface area contributed by atoms with Gasteiger partial charge in [-0.3, -0.25) is 4.98 Å². The Morgan fingerprint density at radius 3 is 2.83 bits per heavy atom. The van der Waals surface area contributed by atoms with Crippen molar-refractivity contribution in [2.45, 2.75) is 20.3 Å². The summed E-state index contributed by atoms with van der Waals surface area (Å²) in [7, 11) is 0. The second kappa shape index (κ2) is 6.46. The van der Waals surface area contributed by atoms with Gasteiger partial charge in [0.2, 0.25) is 5.89 Å². The summed E-state index contributed by atoms with van der Waals surface area (Å²) in [5.41, 5.74) is 3.75. The zero-order chi connectivity index (χ0) is 16.4. The van der Waals surface area contributed by atoms with E-state index in [1.807, 2.05) is 26.0 Å². The van der Waals surface area contributed by atoms with Crippen molar-refractivity contribution in [3.05, 3.63) is 60.4 Å². The Kier molecular flexibility index (Phi) is 4.39. The van der Waals surface area contributed by atoms with Gasteiger partial charge in [0.05, 0.1) is 11.5 Å². The normalized spacial score (nSPS) is 13.2. The van der Waals surface area contributed by atoms with Gasteiger partial charge in [-0.1, -0.05) is 36.6 Å². The van der Waals surface area contributed by atoms with E-state index in [1.54, 1.807) is 12.4 Å². The Morgan fingerprint density at radius 1 is 1.35 bits per heavy atom. The minimum atomic E-state index is 0.461. The van der Waals surface area contributed by atoms with E-state index in [-0.39, 0.29) is 0 Å². The largest absolute Gasteiger partial charge is 0.463 e. The summed E-state index contributed by atoms with van der Waals surface area (Å²) in [4.78, 5) is 10.5. The van der Waals surface area contributed by atoms with Crippen LogP contribution in [-0.2, 0) is 0 Å². The van der Waals surface area contributed by atoms with Gasteiger partial charge in [0.25, 0.3) is 0 Å². The summed E-state index contributed by atoms with van der Waals surface area (Å²) in [5.74, 6) is 1.01. The Hall–Kier alpha value is -2.27. The lowest BCUT2D eigenvalue weighted by atomic mass is 10.1. The lowest BCUT2D eigenvalue weighted by Crippen LogP contribution is -2.05. The average Bonchev–Trinajstić information content (AvgIpc) is 2.98. The molecule has 0 atom stereocenters. The number of hydrogen-bond acceptors (Lipinski definition) is 5. The van der Waals surface area contributed by atoms with Gasteiger partial charge in [0, 0.05) is 29.3 Å². The molecule has 0 spiro atoms. The number of fused-ring (bicyclic) bond motifs is 1. The third-order valence-electron chi connectivity index (χ3n) is 3.43. The van der Waals surface area contributed by atoms with Crippen LogP contribution in [0.15, 0.2) is 47.7 Å². The maximum atomic E-state index is 5.81. The van der Waals surface area contributed by atoms with E-state index in [2.05, 4.69) is 23.1 Å². The van der Waals surface area contributed by atoms with Gasteiger partial charge in [-0.05, 0) is 25.5 Å². The van der Waals surface area contributed by atoms with Crippen molar-refractivity contribution in [2.75, 3.05) is 6.61 Å². The van der Waals surface area contributed by atoms with Gasteiger partial charge in [0.1, 0.15) is 0 Å². The topological polar surface area (TPSA) is 48.2 Å². The molecule has 2 aromatic rings. The van der Waals surface area contributed by atoms with Crippen molar-refractivity contribution in [3.63, 3.8) is 0 Å². The molecule has 0 saturated heterocycles. The summed E-state index contributed by atoms with van der Waals surface area (Å²) in [5, 5.41) is 0. The predicted molar refractivity (Wildman–Crippen MR) is 94.8 cm³/mol. The van der Waals surface area contributed by atoms with Crippen molar-refractivity contribution >= 4 is 27.1 Å². The van der Waals surface area contributed by atoms with Crippen LogP contribution in [0.1, 0.15) is 37.4 Å². The van der Waals surface area contributed by atoms with E-state index in [1.165, 1.54) is 11.8 Å². The molecule has 1 aliphatic heterocycles. The molecule has 4 nitrogen and oxygen atoms in total. The molecule has 2 aromatic heterocycles. The summed E-state index contributed by atoms with van der Waals surface area (Å²) < 4.78 is 11.3. The summed E-state index contributed by atoms with van der Waals surface area (Å²) in [6.45, 7) is 12.8. The lowest BCUT2D eigenvalue weighted by Gasteiger charge is -2.11. The molecule has 0 bridgehead atoms. The highest BCUT2D eigenvalue weighted by Crippen LogP contribution is 2.42. The number of oxazole rings is 1. The van der Waals surface area contributed by atoms with E-state index in [0.29, 0.717) is 18.4 Å². The van der Waals surface area contributed by atoms with E-state index in [0.717, 1.165) is 38.6 Å². The molecule has 3 heterocycles. The van der Waals surface area contributed by atoms with Crippen LogP contribution < -0.4 is 4.74 Å². The molecule has 0 saturated carbocycles. The fraction of sp³-hybridized carbons (Fsp3) is 0.222. The smallest absolute Gasteiger partial charge is 0.313 e. The van der Waals surface area contributed by atoms with Gasteiger partial charge in [-0.25, -0.2) is 4.98 Å². The summed E-state index contributed by atoms with van der Waals surface area (Å²) in [6.07, 6.45) is 4.32. The maximum Gasteiger partial charge on any atom is 0.313 e. The molecule has 0 N–H and O–H groups in total. The van der Waals surface area contributed by atoms with Gasteiger partial charge in [-0.15, -0.1) is 0 Å². The number of rotatable bonds is 4. The van der Waals surface area contributed by atoms with Crippen LogP contribution in [0.4, 0.5) is 0 Å². The van der Waals surface area contributed by atoms with Gasteiger partial charge >= 0.3 is 5.95 Å². The second-order valence-corrected chi connectivity index (χ2v) is 6.56. The predicted octanol–water partition coefficient (Wildman–Crippen LogP) is 5.02. The van der Waals surface area contributed by atoms with Crippen LogP contribution in [0.25, 0.3) is 15.4 Å². The molecule has 0 radical (unpaired) electrons. The SMILES string of the molecule is C=C(SC(=C(C)C)c1nc2c(o1)OCCC2=C)c1cccnc1. The Labute approximate surface area is 140 Å². The first-order valence-corrected chi connectivity index (χ1v) is 8.14. The molecule has 23 heavy (non-hydrogen) atoms. The zero-order valence-electron chi connectivity index (χ0n) is 13.3. The van der Waals surface area contributed by atoms with Crippen molar-refractivity contribution in [2.24, 2.45) is 0 Å². The van der Waals surface area contributed by atoms with E-state index in [9.17, 15) is 0 Å². The number of nitrogens with zero attached hydrogens (tertiary/aromatic N) is 2. The van der Waals surface area contributed by atoms with Crippen molar-refractivity contribution in [1.29, 1.82) is 0 Å². The van der Waals surface area contributed by atoms with Crippen molar-refractivity contribution < 1.29 is 9.15 Å². The summed E-state index contributed by atoms with van der Waals surface area (Å²) >= 11 is 1.53. The molecular weight excluding hydrogens is 308 g/mol. The first kappa shape index (κ1) is 15.6. The van der Waals surface area contributed by atoms with E-state index < -0.39 is 0 Å². The second-order valence-electron chi connectivity index (χ2n) is 5.45. The Morgan fingerprint density at radius 2 is 2.17 bits per heavy atom. The third kappa shape index (κ3) is 3.24. The number of ether oxygens (including phenoxy) is 1. The monoisotopic (exact) mass is 326 g/mol. The summed E-state index contributed by atoms with van der Waals surface area (Å²) in [6, 6.07) is 3.88. The molecule has 0 aliphatic carbocycles. The minimum absolute atomic E-state index is 0.461. The molecule has 1 aliphatic rings. The third-order valence-corrected chi connectivity index (χ3v) is 4.69. The number of allylic oxidation sites excluding steroid dienone is 1. The van der Waals surface area contributed by atoms with Gasteiger partial charge < -0.3 is 9.15 Å². The molecule has 3 rings (SSSR count). The highest BCUT2D eigenvalue weighted by Gasteiger charge is 2.24. The maximum absolute atomic E-state index is 5.81. The van der Waals surface area contributed by atoms with Crippen LogP contribution >= 0.6 is 11.8 Å². The quantitative estimate of drug-likeness (QED) is 0.789. The minimum Gasteiger partial charge on any atom is -0.463 e. The highest BCUT2D eigenvalue weighted by atomic mass is 32.2. The van der Waals surface area contributed by atoms with Crippen LogP contribution in [0.5, 0.6) is 5.95 Å². The van der Waals surface area contributed by atoms with Crippen molar-refractivity contribution in [3.8, 4) is 5.95 Å². The number of thioether (sulfide) groups is 1. The fourth-order valence-corrected chi connectivity index (χ4v) is 3.04. The molecule has 0 unspecified atom stereocenters. The Bertz CT molecular complexity index is 787. The highest BCUT2D eigenvalue weighted by molar-refractivity contribution is 8.16. The fourth-order valence-electron chi connectivity index (χ4n) is 2.18. The molecule has 5 heteroatoms. The van der Waals surface area contributed by atoms with Gasteiger partial charge in [-0.2, -0.15) is 0 Å². The zero-order valence-corrected chi connectivity index (χ0v) is 14.1. The molecule has 0 fully saturated rings. The Balaban J connectivity index is 1.91. The first-order valence-electron chi connectivity index (χ1n) is 7.33. The first-order chi connectivity index (χ1) is 11.1. The molecule has 0 aromatic carbocycles. The molecule has 0 amide bonds. The lowest BCUT2D eigenvalue weighted by molar-refractivity contribution is 0.239. The van der Waals surface area contributed by atoms with Crippen LogP contribution in [0, 0.1) is 0 Å². The van der Waals surface area contributed by atoms with E-state index >= 15 is 0 Å². The number of hydrogen-bond donors (Lipinski definition) is 0. The standard InChI is InChI=1S/C18H18N2O2S/c1-11(2)16(23-13(4)14-6-5-8-19-10-14)17-20-15-12(3)7-9-21-18(15)22-17/h5-6,8,10H,3-4,7,9H2,1-2H3. The average molecular weight is 326 g/mol. The van der Waals surface area contributed by atoms with Crippen molar-refractivity contribution in [1.82, 2.24) is 9.97 Å².